The van der Waals surface area contributed by atoms with Crippen LogP contribution in [0.3, 0.4) is 0 Å². The van der Waals surface area contributed by atoms with E-state index in [1.54, 1.807) is 24.4 Å². The lowest BCUT2D eigenvalue weighted by atomic mass is 9.81. The van der Waals surface area contributed by atoms with Crippen LogP contribution >= 0.6 is 0 Å². The zero-order valence-electron chi connectivity index (χ0n) is 13.5. The van der Waals surface area contributed by atoms with Gasteiger partial charge in [0.05, 0.1) is 28.2 Å². The molecule has 2 heterocycles. The van der Waals surface area contributed by atoms with Crippen molar-refractivity contribution in [3.8, 4) is 6.07 Å². The minimum atomic E-state index is -0.577. The molecule has 126 valence electrons. The highest BCUT2D eigenvalue weighted by atomic mass is 16.6. The number of nitro benzene ring substituents is 1. The molecule has 0 saturated carbocycles. The van der Waals surface area contributed by atoms with E-state index in [0.717, 1.165) is 5.56 Å². The van der Waals surface area contributed by atoms with Crippen molar-refractivity contribution in [3.63, 3.8) is 0 Å². The van der Waals surface area contributed by atoms with Crippen LogP contribution in [0.15, 0.2) is 66.4 Å². The van der Waals surface area contributed by atoms with Gasteiger partial charge in [0.1, 0.15) is 0 Å². The normalized spacial score (nSPS) is 15.7. The molecule has 0 radical (unpaired) electrons. The third-order valence-electron chi connectivity index (χ3n) is 4.41. The number of rotatable bonds is 3. The van der Waals surface area contributed by atoms with Gasteiger partial charge in [0.15, 0.2) is 5.82 Å². The van der Waals surface area contributed by atoms with Crippen LogP contribution in [0.2, 0.25) is 0 Å². The van der Waals surface area contributed by atoms with Crippen molar-refractivity contribution in [1.82, 2.24) is 10.2 Å². The fourth-order valence-corrected chi connectivity index (χ4v) is 3.28. The maximum absolute atomic E-state index is 11.5. The number of nitrogens with one attached hydrogen (secondary N) is 2. The lowest BCUT2D eigenvalue weighted by Gasteiger charge is -2.26. The van der Waals surface area contributed by atoms with Crippen LogP contribution in [0.5, 0.6) is 0 Å². The molecule has 0 aliphatic carbocycles. The Morgan fingerprint density at radius 2 is 1.81 bits per heavy atom. The fourth-order valence-electron chi connectivity index (χ4n) is 3.28. The third kappa shape index (κ3) is 2.41. The van der Waals surface area contributed by atoms with Crippen LogP contribution in [0.25, 0.3) is 5.70 Å². The summed E-state index contributed by atoms with van der Waals surface area (Å²) in [7, 11) is 0. The van der Waals surface area contributed by atoms with Crippen molar-refractivity contribution >= 4 is 17.2 Å². The Morgan fingerprint density at radius 3 is 2.54 bits per heavy atom. The Labute approximate surface area is 148 Å². The molecule has 7 heteroatoms. The summed E-state index contributed by atoms with van der Waals surface area (Å²) in [6.07, 6.45) is 1.67. The number of aromatic amines is 1. The number of hydrogen-bond donors (Lipinski definition) is 2. The standard InChI is InChI=1S/C19H13N5O2/c20-10-14-17(13-8-4-5-9-16(13)24(25)26)15-11-21-23-19(15)22-18(14)12-6-2-1-3-7-12/h1-9,11,17H,(H2,21,22,23). The summed E-state index contributed by atoms with van der Waals surface area (Å²) in [5.41, 5.74) is 2.99. The third-order valence-corrected chi connectivity index (χ3v) is 4.41. The number of para-hydroxylation sites is 1. The molecule has 1 atom stereocenters. The molecule has 0 fully saturated rings. The number of allylic oxidation sites excluding steroid dienone is 1. The van der Waals surface area contributed by atoms with Gasteiger partial charge >= 0.3 is 0 Å². The minimum absolute atomic E-state index is 0.0216. The van der Waals surface area contributed by atoms with Gasteiger partial charge in [-0.2, -0.15) is 10.4 Å². The van der Waals surface area contributed by atoms with Gasteiger partial charge < -0.3 is 5.32 Å². The minimum Gasteiger partial charge on any atom is -0.337 e. The smallest absolute Gasteiger partial charge is 0.273 e. The highest BCUT2D eigenvalue weighted by molar-refractivity contribution is 5.87. The first-order valence-electron chi connectivity index (χ1n) is 7.94. The molecule has 2 N–H and O–H groups in total. The highest BCUT2D eigenvalue weighted by Crippen LogP contribution is 2.45. The number of fused-ring (bicyclic) bond motifs is 1. The highest BCUT2D eigenvalue weighted by Gasteiger charge is 2.35. The predicted octanol–water partition coefficient (Wildman–Crippen LogP) is 3.81. The molecule has 1 aliphatic rings. The van der Waals surface area contributed by atoms with Gasteiger partial charge in [0.25, 0.3) is 5.69 Å². The number of anilines is 1. The molecular weight excluding hydrogens is 330 g/mol. The number of nitriles is 1. The number of hydrogen-bond acceptors (Lipinski definition) is 5. The summed E-state index contributed by atoms with van der Waals surface area (Å²) in [5, 5.41) is 31.6. The van der Waals surface area contributed by atoms with Crippen molar-refractivity contribution in [2.24, 2.45) is 0 Å². The van der Waals surface area contributed by atoms with Crippen molar-refractivity contribution in [3.05, 3.63) is 93.2 Å². The van der Waals surface area contributed by atoms with Gasteiger partial charge in [-0.1, -0.05) is 48.5 Å². The Morgan fingerprint density at radius 1 is 1.08 bits per heavy atom. The van der Waals surface area contributed by atoms with Crippen LogP contribution in [-0.2, 0) is 0 Å². The quantitative estimate of drug-likeness (QED) is 0.555. The summed E-state index contributed by atoms with van der Waals surface area (Å²) < 4.78 is 0. The van der Waals surface area contributed by atoms with Crippen LogP contribution in [0.1, 0.15) is 22.6 Å². The first-order valence-corrected chi connectivity index (χ1v) is 7.94. The van der Waals surface area contributed by atoms with Crippen LogP contribution in [-0.4, -0.2) is 15.1 Å². The van der Waals surface area contributed by atoms with E-state index in [1.807, 2.05) is 30.3 Å². The van der Waals surface area contributed by atoms with E-state index < -0.39 is 10.8 Å². The molecule has 0 spiro atoms. The summed E-state index contributed by atoms with van der Waals surface area (Å²) in [5.74, 6) is -0.0159. The van der Waals surface area contributed by atoms with Crippen LogP contribution in [0, 0.1) is 21.4 Å². The van der Waals surface area contributed by atoms with E-state index in [2.05, 4.69) is 21.6 Å². The second kappa shape index (κ2) is 6.18. The molecule has 1 unspecified atom stereocenters. The molecule has 1 aromatic heterocycles. The molecule has 2 aromatic carbocycles. The van der Waals surface area contributed by atoms with E-state index in [4.69, 9.17) is 0 Å². The SMILES string of the molecule is N#CC1=C(c2ccccc2)Nc2n[nH]cc2C1c1ccccc1[N+](=O)[O-]. The first kappa shape index (κ1) is 15.6. The van der Waals surface area contributed by atoms with E-state index >= 15 is 0 Å². The van der Waals surface area contributed by atoms with Gasteiger partial charge in [-0.05, 0) is 5.56 Å². The molecule has 4 rings (SSSR count). The Kier molecular flexibility index (Phi) is 3.71. The Hall–Kier alpha value is -3.92. The van der Waals surface area contributed by atoms with Crippen LogP contribution < -0.4 is 5.32 Å². The second-order valence-electron chi connectivity index (χ2n) is 5.83. The summed E-state index contributed by atoms with van der Waals surface area (Å²) >= 11 is 0. The van der Waals surface area contributed by atoms with Gasteiger partial charge in [-0.15, -0.1) is 0 Å². The monoisotopic (exact) mass is 343 g/mol. The molecule has 0 saturated heterocycles. The van der Waals surface area contributed by atoms with E-state index in [-0.39, 0.29) is 5.69 Å². The maximum Gasteiger partial charge on any atom is 0.273 e. The molecule has 0 bridgehead atoms. The molecule has 1 aliphatic heterocycles. The predicted molar refractivity (Wildman–Crippen MR) is 96.1 cm³/mol. The number of aromatic nitrogens is 2. The first-order chi connectivity index (χ1) is 12.7. The average molecular weight is 343 g/mol. The largest absolute Gasteiger partial charge is 0.337 e. The zero-order valence-corrected chi connectivity index (χ0v) is 13.5. The van der Waals surface area contributed by atoms with Crippen molar-refractivity contribution in [2.45, 2.75) is 5.92 Å². The van der Waals surface area contributed by atoms with Gasteiger partial charge in [-0.3, -0.25) is 15.2 Å². The number of H-pyrrole nitrogens is 1. The topological polar surface area (TPSA) is 108 Å². The lowest BCUT2D eigenvalue weighted by molar-refractivity contribution is -0.385. The van der Waals surface area contributed by atoms with E-state index in [9.17, 15) is 15.4 Å². The summed E-state index contributed by atoms with van der Waals surface area (Å²) in [6, 6.07) is 18.1. The Bertz CT molecular complexity index is 1060. The molecular formula is C19H13N5O2. The lowest BCUT2D eigenvalue weighted by Crippen LogP contribution is -2.17. The summed E-state index contributed by atoms with van der Waals surface area (Å²) in [4.78, 5) is 11.1. The second-order valence-corrected chi connectivity index (χ2v) is 5.83. The van der Waals surface area contributed by atoms with Crippen molar-refractivity contribution in [1.29, 1.82) is 5.26 Å². The van der Waals surface area contributed by atoms with E-state index in [1.165, 1.54) is 6.07 Å². The van der Waals surface area contributed by atoms with E-state index in [0.29, 0.717) is 28.2 Å². The van der Waals surface area contributed by atoms with Crippen molar-refractivity contribution in [2.75, 3.05) is 5.32 Å². The van der Waals surface area contributed by atoms with Gasteiger partial charge in [0, 0.05) is 23.4 Å². The molecule has 26 heavy (non-hydrogen) atoms. The van der Waals surface area contributed by atoms with Gasteiger partial charge in [0.2, 0.25) is 0 Å². The number of nitrogens with zero attached hydrogens (tertiary/aromatic N) is 3. The fraction of sp³-hybridized carbons (Fsp3) is 0.0526. The van der Waals surface area contributed by atoms with Crippen molar-refractivity contribution < 1.29 is 4.92 Å². The molecule has 0 amide bonds. The summed E-state index contributed by atoms with van der Waals surface area (Å²) in [6.45, 7) is 0. The molecule has 3 aromatic rings. The average Bonchev–Trinajstić information content (AvgIpc) is 3.15. The van der Waals surface area contributed by atoms with Gasteiger partial charge in [-0.25, -0.2) is 0 Å². The number of nitro groups is 1. The number of benzene rings is 2. The maximum atomic E-state index is 11.5. The Balaban J connectivity index is 2.00. The zero-order chi connectivity index (χ0) is 18.1. The van der Waals surface area contributed by atoms with Crippen LogP contribution in [0.4, 0.5) is 11.5 Å². The molecule has 7 nitrogen and oxygen atoms in total.